The number of nitrogens with zero attached hydrogens (tertiary/aromatic N) is 2. The molecule has 78 valence electrons. The molecule has 0 fully saturated rings. The molecule has 0 saturated heterocycles. The average molecular weight is 215 g/mol. The molecule has 1 aromatic rings. The van der Waals surface area contributed by atoms with Crippen molar-refractivity contribution in [2.24, 2.45) is 5.18 Å². The van der Waals surface area contributed by atoms with Gasteiger partial charge in [-0.25, -0.2) is 0 Å². The lowest BCUT2D eigenvalue weighted by Gasteiger charge is -2.09. The lowest BCUT2D eigenvalue weighted by atomic mass is 10.1. The Morgan fingerprint density at radius 1 is 1.40 bits per heavy atom. The van der Waals surface area contributed by atoms with Gasteiger partial charge in [-0.15, -0.1) is 4.91 Å². The van der Waals surface area contributed by atoms with E-state index in [0.29, 0.717) is 12.1 Å². The van der Waals surface area contributed by atoms with Gasteiger partial charge >= 0.3 is 6.18 Å². The molecule has 1 rings (SSSR count). The molecule has 0 unspecified atom stereocenters. The summed E-state index contributed by atoms with van der Waals surface area (Å²) in [5.41, 5.74) is 2.56. The van der Waals surface area contributed by atoms with E-state index in [1.165, 1.54) is 0 Å². The maximum atomic E-state index is 12.3. The van der Waals surface area contributed by atoms with E-state index < -0.39 is 17.4 Å². The summed E-state index contributed by atoms with van der Waals surface area (Å²) in [5, 5.41) is 10.7. The summed E-state index contributed by atoms with van der Waals surface area (Å²) in [6.07, 6.45) is -4.72. The number of rotatable bonds is 1. The highest BCUT2D eigenvalue weighted by atomic mass is 19.4. The zero-order valence-electron chi connectivity index (χ0n) is 7.17. The Morgan fingerprint density at radius 3 is 2.40 bits per heavy atom. The lowest BCUT2D eigenvalue weighted by molar-refractivity contribution is -0.137. The van der Waals surface area contributed by atoms with Gasteiger partial charge in [-0.2, -0.15) is 18.4 Å². The first kappa shape index (κ1) is 11.0. The number of halogens is 3. The van der Waals surface area contributed by atoms with Crippen molar-refractivity contribution in [1.29, 1.82) is 5.26 Å². The number of nitrogen functional groups attached to an aromatic ring is 1. The zero-order chi connectivity index (χ0) is 11.6. The van der Waals surface area contributed by atoms with Crippen LogP contribution in [-0.2, 0) is 6.18 Å². The van der Waals surface area contributed by atoms with Crippen LogP contribution in [0.25, 0.3) is 0 Å². The highest BCUT2D eigenvalue weighted by Crippen LogP contribution is 2.38. The predicted molar refractivity (Wildman–Crippen MR) is 46.0 cm³/mol. The molecular formula is C8H4F3N3O. The van der Waals surface area contributed by atoms with E-state index in [4.69, 9.17) is 11.0 Å². The molecule has 1 aromatic carbocycles. The van der Waals surface area contributed by atoms with Gasteiger partial charge in [0.1, 0.15) is 11.8 Å². The summed E-state index contributed by atoms with van der Waals surface area (Å²) in [6, 6.07) is 2.79. The molecule has 0 radical (unpaired) electrons. The summed E-state index contributed by atoms with van der Waals surface area (Å²) in [5.74, 6) is 0. The largest absolute Gasteiger partial charge is 0.418 e. The fourth-order valence-electron chi connectivity index (χ4n) is 1.00. The average Bonchev–Trinajstić information content (AvgIpc) is 2.16. The first-order valence-electron chi connectivity index (χ1n) is 3.64. The number of hydrogen-bond donors (Lipinski definition) is 1. The van der Waals surface area contributed by atoms with Crippen LogP contribution in [0.2, 0.25) is 0 Å². The van der Waals surface area contributed by atoms with Crippen molar-refractivity contribution in [3.8, 4) is 6.07 Å². The third-order valence-corrected chi connectivity index (χ3v) is 1.69. The van der Waals surface area contributed by atoms with E-state index in [0.717, 1.165) is 0 Å². The Bertz CT molecular complexity index is 448. The standard InChI is InChI=1S/C8H4F3N3O/c9-8(10,11)5-2-6(13)4(3-12)1-7(5)14-15/h1-2H,13H2. The summed E-state index contributed by atoms with van der Waals surface area (Å²) in [4.78, 5) is 10.2. The molecule has 0 atom stereocenters. The topological polar surface area (TPSA) is 79.2 Å². The molecule has 4 nitrogen and oxygen atoms in total. The van der Waals surface area contributed by atoms with E-state index in [1.807, 2.05) is 0 Å². The third kappa shape index (κ3) is 2.04. The van der Waals surface area contributed by atoms with Crippen LogP contribution in [0.5, 0.6) is 0 Å². The molecule has 0 saturated carbocycles. The maximum Gasteiger partial charge on any atom is 0.418 e. The Morgan fingerprint density at radius 2 is 2.00 bits per heavy atom. The van der Waals surface area contributed by atoms with Crippen molar-refractivity contribution < 1.29 is 13.2 Å². The normalized spacial score (nSPS) is 10.8. The molecule has 0 aromatic heterocycles. The van der Waals surface area contributed by atoms with E-state index in [2.05, 4.69) is 5.18 Å². The predicted octanol–water partition coefficient (Wildman–Crippen LogP) is 2.56. The third-order valence-electron chi connectivity index (χ3n) is 1.69. The van der Waals surface area contributed by atoms with Gasteiger partial charge in [0.25, 0.3) is 0 Å². The molecule has 0 aliphatic carbocycles. The van der Waals surface area contributed by atoms with Crippen LogP contribution in [-0.4, -0.2) is 0 Å². The first-order valence-corrected chi connectivity index (χ1v) is 3.64. The van der Waals surface area contributed by atoms with Crippen LogP contribution < -0.4 is 5.73 Å². The fraction of sp³-hybridized carbons (Fsp3) is 0.125. The Kier molecular flexibility index (Phi) is 2.61. The smallest absolute Gasteiger partial charge is 0.398 e. The molecule has 0 spiro atoms. The highest BCUT2D eigenvalue weighted by Gasteiger charge is 2.34. The number of anilines is 1. The molecule has 7 heteroatoms. The Labute approximate surface area is 82.1 Å². The number of benzene rings is 1. The SMILES string of the molecule is N#Cc1cc(N=O)c(C(F)(F)F)cc1N. The number of alkyl halides is 3. The fourth-order valence-corrected chi connectivity index (χ4v) is 1.00. The number of nitroso groups, excluding NO2 is 1. The van der Waals surface area contributed by atoms with Gasteiger partial charge in [0.15, 0.2) is 0 Å². The summed E-state index contributed by atoms with van der Waals surface area (Å²) >= 11 is 0. The van der Waals surface area contributed by atoms with Crippen LogP contribution in [0.1, 0.15) is 11.1 Å². The Hall–Kier alpha value is -2.10. The van der Waals surface area contributed by atoms with Crippen LogP contribution >= 0.6 is 0 Å². The van der Waals surface area contributed by atoms with Gasteiger partial charge in [-0.05, 0) is 17.3 Å². The highest BCUT2D eigenvalue weighted by molar-refractivity contribution is 5.64. The number of hydrogen-bond acceptors (Lipinski definition) is 4. The van der Waals surface area contributed by atoms with Crippen molar-refractivity contribution in [3.05, 3.63) is 28.2 Å². The van der Waals surface area contributed by atoms with Crippen molar-refractivity contribution in [3.63, 3.8) is 0 Å². The molecule has 15 heavy (non-hydrogen) atoms. The van der Waals surface area contributed by atoms with Gasteiger partial charge in [0.05, 0.1) is 16.8 Å². The Balaban J connectivity index is 3.49. The van der Waals surface area contributed by atoms with Crippen molar-refractivity contribution in [2.45, 2.75) is 6.18 Å². The minimum absolute atomic E-state index is 0.211. The van der Waals surface area contributed by atoms with Crippen LogP contribution in [0.15, 0.2) is 17.3 Å². The molecule has 2 N–H and O–H groups in total. The van der Waals surface area contributed by atoms with Crippen molar-refractivity contribution in [1.82, 2.24) is 0 Å². The van der Waals surface area contributed by atoms with Crippen LogP contribution in [0, 0.1) is 16.2 Å². The summed E-state index contributed by atoms with van der Waals surface area (Å²) in [6.45, 7) is 0. The van der Waals surface area contributed by atoms with Gasteiger partial charge in [0, 0.05) is 0 Å². The van der Waals surface area contributed by atoms with Crippen LogP contribution in [0.3, 0.4) is 0 Å². The summed E-state index contributed by atoms with van der Waals surface area (Å²) < 4.78 is 36.9. The second-order valence-corrected chi connectivity index (χ2v) is 2.66. The minimum Gasteiger partial charge on any atom is -0.398 e. The van der Waals surface area contributed by atoms with Crippen LogP contribution in [0.4, 0.5) is 24.5 Å². The first-order chi connectivity index (χ1) is 6.90. The van der Waals surface area contributed by atoms with Crippen molar-refractivity contribution >= 4 is 11.4 Å². The molecule has 0 amide bonds. The minimum atomic E-state index is -4.72. The molecule has 0 aliphatic heterocycles. The monoisotopic (exact) mass is 215 g/mol. The van der Waals surface area contributed by atoms with Gasteiger partial charge in [-0.1, -0.05) is 0 Å². The second-order valence-electron chi connectivity index (χ2n) is 2.66. The number of nitriles is 1. The molecule has 0 heterocycles. The second kappa shape index (κ2) is 3.57. The van der Waals surface area contributed by atoms with E-state index >= 15 is 0 Å². The van der Waals surface area contributed by atoms with Gasteiger partial charge in [-0.3, -0.25) is 0 Å². The lowest BCUT2D eigenvalue weighted by Crippen LogP contribution is -2.07. The molecular weight excluding hydrogens is 211 g/mol. The number of nitrogens with two attached hydrogens (primary N) is 1. The maximum absolute atomic E-state index is 12.3. The van der Waals surface area contributed by atoms with Gasteiger partial charge < -0.3 is 5.73 Å². The molecule has 0 aliphatic rings. The summed E-state index contributed by atoms with van der Waals surface area (Å²) in [7, 11) is 0. The van der Waals surface area contributed by atoms with Crippen molar-refractivity contribution in [2.75, 3.05) is 5.73 Å². The van der Waals surface area contributed by atoms with E-state index in [1.54, 1.807) is 6.07 Å². The van der Waals surface area contributed by atoms with E-state index in [-0.39, 0.29) is 11.3 Å². The molecule has 0 bridgehead atoms. The quantitative estimate of drug-likeness (QED) is 0.577. The van der Waals surface area contributed by atoms with E-state index in [9.17, 15) is 18.1 Å². The zero-order valence-corrected chi connectivity index (χ0v) is 7.17. The van der Waals surface area contributed by atoms with Gasteiger partial charge in [0.2, 0.25) is 0 Å².